The topological polar surface area (TPSA) is 88.6 Å². The molecule has 11 heteroatoms. The van der Waals surface area contributed by atoms with Gasteiger partial charge in [0.1, 0.15) is 14.4 Å². The first-order valence-electron chi connectivity index (χ1n) is 7.63. The number of ether oxygens (including phenoxy) is 1. The lowest BCUT2D eigenvalue weighted by Gasteiger charge is -2.26. The number of morpholine rings is 1. The average Bonchev–Trinajstić information content (AvgIpc) is 2.97. The summed E-state index contributed by atoms with van der Waals surface area (Å²) in [5.41, 5.74) is 0.701. The van der Waals surface area contributed by atoms with Crippen LogP contribution in [0.5, 0.6) is 0 Å². The first-order chi connectivity index (χ1) is 12.3. The fourth-order valence-corrected chi connectivity index (χ4v) is 5.22. The van der Waals surface area contributed by atoms with Gasteiger partial charge in [-0.1, -0.05) is 29.3 Å². The number of sulfonamides is 1. The highest BCUT2D eigenvalue weighted by molar-refractivity contribution is 7.94. The quantitative estimate of drug-likeness (QED) is 0.779. The van der Waals surface area contributed by atoms with Crippen molar-refractivity contribution in [3.05, 3.63) is 39.3 Å². The minimum atomic E-state index is -3.82. The van der Waals surface area contributed by atoms with Crippen LogP contribution in [0.15, 0.2) is 28.6 Å². The number of carbonyl (C=O) groups is 1. The summed E-state index contributed by atoms with van der Waals surface area (Å²) < 4.78 is 32.4. The summed E-state index contributed by atoms with van der Waals surface area (Å²) in [6.45, 7) is 2.25. The molecule has 0 spiro atoms. The van der Waals surface area contributed by atoms with Crippen molar-refractivity contribution in [1.82, 2.24) is 9.88 Å². The smallest absolute Gasteiger partial charge is 0.272 e. The molecule has 7 nitrogen and oxygen atoms in total. The predicted molar refractivity (Wildman–Crippen MR) is 100 cm³/mol. The van der Waals surface area contributed by atoms with Crippen molar-refractivity contribution in [3.63, 3.8) is 0 Å². The van der Waals surface area contributed by atoms with E-state index in [9.17, 15) is 13.2 Å². The van der Waals surface area contributed by atoms with Crippen LogP contribution < -0.4 is 4.72 Å². The van der Waals surface area contributed by atoms with E-state index in [4.69, 9.17) is 27.9 Å². The summed E-state index contributed by atoms with van der Waals surface area (Å²) in [6.07, 6.45) is 1.68. The maximum absolute atomic E-state index is 12.3. The SMILES string of the molecule is O=C(Cc1ccc(NS(=O)(=O)c2cc(Cl)c(Cl)s2)nc1)N1CCOCC1. The molecule has 0 unspecified atom stereocenters. The predicted octanol–water partition coefficient (Wildman–Crippen LogP) is 2.65. The Morgan fingerprint density at radius 2 is 2.04 bits per heavy atom. The number of amides is 1. The molecule has 1 aliphatic rings. The molecule has 1 saturated heterocycles. The first-order valence-corrected chi connectivity index (χ1v) is 10.7. The van der Waals surface area contributed by atoms with Crippen LogP contribution in [-0.2, 0) is 26.0 Å². The van der Waals surface area contributed by atoms with E-state index in [0.717, 1.165) is 11.3 Å². The van der Waals surface area contributed by atoms with Crippen molar-refractivity contribution in [2.75, 3.05) is 31.0 Å². The van der Waals surface area contributed by atoms with Gasteiger partial charge in [0.15, 0.2) is 0 Å². The van der Waals surface area contributed by atoms with Gasteiger partial charge in [-0.15, -0.1) is 11.3 Å². The minimum Gasteiger partial charge on any atom is -0.378 e. The van der Waals surface area contributed by atoms with Crippen molar-refractivity contribution in [2.24, 2.45) is 0 Å². The Bertz CT molecular complexity index is 875. The zero-order chi connectivity index (χ0) is 18.7. The molecule has 26 heavy (non-hydrogen) atoms. The van der Waals surface area contributed by atoms with Gasteiger partial charge in [-0.05, 0) is 17.7 Å². The Balaban J connectivity index is 1.64. The van der Waals surface area contributed by atoms with Crippen LogP contribution in [0, 0.1) is 0 Å². The van der Waals surface area contributed by atoms with Crippen LogP contribution in [0.4, 0.5) is 5.82 Å². The number of hydrogen-bond acceptors (Lipinski definition) is 6. The number of hydrogen-bond donors (Lipinski definition) is 1. The van der Waals surface area contributed by atoms with Crippen molar-refractivity contribution < 1.29 is 17.9 Å². The molecule has 0 aliphatic carbocycles. The van der Waals surface area contributed by atoms with Gasteiger partial charge in [-0.2, -0.15) is 0 Å². The molecule has 1 aliphatic heterocycles. The van der Waals surface area contributed by atoms with Gasteiger partial charge in [0.25, 0.3) is 10.0 Å². The number of nitrogens with one attached hydrogen (secondary N) is 1. The standard InChI is InChI=1S/C15H15Cl2N3O4S2/c16-11-8-14(25-15(11)17)26(22,23)19-12-2-1-10(9-18-12)7-13(21)20-3-5-24-6-4-20/h1-2,8-9H,3-7H2,(H,18,19). The summed E-state index contributed by atoms with van der Waals surface area (Å²) >= 11 is 12.5. The molecule has 2 aromatic rings. The van der Waals surface area contributed by atoms with Gasteiger partial charge in [0, 0.05) is 19.3 Å². The van der Waals surface area contributed by atoms with E-state index >= 15 is 0 Å². The van der Waals surface area contributed by atoms with E-state index in [1.54, 1.807) is 11.0 Å². The number of aromatic nitrogens is 1. The zero-order valence-corrected chi connectivity index (χ0v) is 16.6. The summed E-state index contributed by atoms with van der Waals surface area (Å²) in [4.78, 5) is 18.0. The molecule has 3 rings (SSSR count). The Kier molecular flexibility index (Phi) is 6.03. The second-order valence-corrected chi connectivity index (χ2v) is 9.48. The molecule has 0 atom stereocenters. The first kappa shape index (κ1) is 19.4. The van der Waals surface area contributed by atoms with Gasteiger partial charge in [0.05, 0.1) is 24.7 Å². The molecular weight excluding hydrogens is 421 g/mol. The number of anilines is 1. The summed E-state index contributed by atoms with van der Waals surface area (Å²) in [6, 6.07) is 4.46. The molecule has 140 valence electrons. The fourth-order valence-electron chi connectivity index (χ4n) is 2.34. The molecule has 0 radical (unpaired) electrons. The van der Waals surface area contributed by atoms with Gasteiger partial charge < -0.3 is 9.64 Å². The van der Waals surface area contributed by atoms with E-state index < -0.39 is 10.0 Å². The van der Waals surface area contributed by atoms with E-state index in [0.29, 0.717) is 31.9 Å². The Morgan fingerprint density at radius 3 is 2.62 bits per heavy atom. The van der Waals surface area contributed by atoms with Crippen molar-refractivity contribution in [2.45, 2.75) is 10.6 Å². The van der Waals surface area contributed by atoms with Crippen LogP contribution in [0.25, 0.3) is 0 Å². The largest absolute Gasteiger partial charge is 0.378 e. The van der Waals surface area contributed by atoms with E-state index in [2.05, 4.69) is 9.71 Å². The highest BCUT2D eigenvalue weighted by atomic mass is 35.5. The van der Waals surface area contributed by atoms with Crippen LogP contribution >= 0.6 is 34.5 Å². The molecule has 1 fully saturated rings. The highest BCUT2D eigenvalue weighted by Crippen LogP contribution is 2.34. The molecule has 2 aromatic heterocycles. The lowest BCUT2D eigenvalue weighted by atomic mass is 10.2. The highest BCUT2D eigenvalue weighted by Gasteiger charge is 2.20. The third-order valence-corrected chi connectivity index (χ3v) is 7.36. The summed E-state index contributed by atoms with van der Waals surface area (Å²) in [5, 5.41) is 0.182. The molecule has 1 amide bonds. The van der Waals surface area contributed by atoms with Gasteiger partial charge in [0.2, 0.25) is 5.91 Å². The normalized spacial score (nSPS) is 15.1. The Morgan fingerprint density at radius 1 is 1.31 bits per heavy atom. The Hall–Kier alpha value is -1.39. The third kappa shape index (κ3) is 4.66. The summed E-state index contributed by atoms with van der Waals surface area (Å²) in [7, 11) is -3.82. The average molecular weight is 436 g/mol. The zero-order valence-electron chi connectivity index (χ0n) is 13.4. The van der Waals surface area contributed by atoms with Gasteiger partial charge in [-0.3, -0.25) is 9.52 Å². The fraction of sp³-hybridized carbons (Fsp3) is 0.333. The third-order valence-electron chi connectivity index (χ3n) is 3.67. The van der Waals surface area contributed by atoms with Crippen molar-refractivity contribution in [3.8, 4) is 0 Å². The molecule has 0 aromatic carbocycles. The number of carbonyl (C=O) groups excluding carboxylic acids is 1. The van der Waals surface area contributed by atoms with E-state index in [1.165, 1.54) is 18.3 Å². The number of rotatable bonds is 5. The van der Waals surface area contributed by atoms with Crippen molar-refractivity contribution >= 4 is 56.3 Å². The number of pyridine rings is 1. The second kappa shape index (κ2) is 8.10. The monoisotopic (exact) mass is 435 g/mol. The number of halogens is 2. The maximum atomic E-state index is 12.3. The van der Waals surface area contributed by atoms with Crippen LogP contribution in [0.1, 0.15) is 5.56 Å². The molecule has 3 heterocycles. The second-order valence-electron chi connectivity index (χ2n) is 5.51. The Labute approximate surface area is 164 Å². The van der Waals surface area contributed by atoms with E-state index in [1.807, 2.05) is 0 Å². The summed E-state index contributed by atoms with van der Waals surface area (Å²) in [5.74, 6) is 0.138. The lowest BCUT2D eigenvalue weighted by Crippen LogP contribution is -2.41. The molecule has 0 saturated carbocycles. The molecular formula is C15H15Cl2N3O4S2. The van der Waals surface area contributed by atoms with Crippen LogP contribution in [0.2, 0.25) is 9.36 Å². The van der Waals surface area contributed by atoms with E-state index in [-0.39, 0.29) is 31.7 Å². The molecule has 1 N–H and O–H groups in total. The van der Waals surface area contributed by atoms with Crippen LogP contribution in [-0.4, -0.2) is 50.5 Å². The molecule has 0 bridgehead atoms. The van der Waals surface area contributed by atoms with Gasteiger partial charge in [-0.25, -0.2) is 13.4 Å². The minimum absolute atomic E-state index is 0.000807. The van der Waals surface area contributed by atoms with Crippen molar-refractivity contribution in [1.29, 1.82) is 0 Å². The maximum Gasteiger partial charge on any atom is 0.272 e. The number of nitrogens with zero attached hydrogens (tertiary/aromatic N) is 2. The van der Waals surface area contributed by atoms with Gasteiger partial charge >= 0.3 is 0 Å². The number of thiophene rings is 1. The lowest BCUT2D eigenvalue weighted by molar-refractivity contribution is -0.134. The van der Waals surface area contributed by atoms with Crippen LogP contribution in [0.3, 0.4) is 0 Å².